The van der Waals surface area contributed by atoms with Gasteiger partial charge in [0.15, 0.2) is 0 Å². The second kappa shape index (κ2) is 5.17. The molecule has 0 fully saturated rings. The SMILES string of the molecule is CCC(O)C(C)c1cc(C)ccc1OC. The maximum Gasteiger partial charge on any atom is 0.122 e. The van der Waals surface area contributed by atoms with Gasteiger partial charge >= 0.3 is 0 Å². The Morgan fingerprint density at radius 1 is 1.40 bits per heavy atom. The molecule has 0 aliphatic rings. The Balaban J connectivity index is 3.05. The van der Waals surface area contributed by atoms with E-state index in [0.29, 0.717) is 0 Å². The molecule has 0 heterocycles. The van der Waals surface area contributed by atoms with E-state index in [9.17, 15) is 5.11 Å². The van der Waals surface area contributed by atoms with Crippen LogP contribution in [-0.2, 0) is 0 Å². The van der Waals surface area contributed by atoms with Gasteiger partial charge < -0.3 is 9.84 Å². The van der Waals surface area contributed by atoms with Crippen LogP contribution in [0.1, 0.15) is 37.3 Å². The highest BCUT2D eigenvalue weighted by atomic mass is 16.5. The summed E-state index contributed by atoms with van der Waals surface area (Å²) in [4.78, 5) is 0. The van der Waals surface area contributed by atoms with E-state index in [2.05, 4.69) is 6.07 Å². The van der Waals surface area contributed by atoms with Gasteiger partial charge in [-0.1, -0.05) is 31.5 Å². The third-order valence-corrected chi connectivity index (χ3v) is 2.87. The molecular weight excluding hydrogens is 188 g/mol. The summed E-state index contributed by atoms with van der Waals surface area (Å²) in [5.74, 6) is 0.977. The number of aliphatic hydroxyl groups is 1. The lowest BCUT2D eigenvalue weighted by Gasteiger charge is -2.20. The second-order valence-corrected chi connectivity index (χ2v) is 4.01. The standard InChI is InChI=1S/C13H20O2/c1-5-12(14)10(3)11-8-9(2)6-7-13(11)15-4/h6-8,10,12,14H,5H2,1-4H3. The van der Waals surface area contributed by atoms with Gasteiger partial charge in [-0.05, 0) is 25.0 Å². The van der Waals surface area contributed by atoms with Crippen LogP contribution < -0.4 is 4.74 Å². The van der Waals surface area contributed by atoms with Crippen LogP contribution in [0, 0.1) is 6.92 Å². The maximum absolute atomic E-state index is 9.84. The van der Waals surface area contributed by atoms with E-state index in [1.54, 1.807) is 7.11 Å². The zero-order valence-corrected chi connectivity index (χ0v) is 9.95. The van der Waals surface area contributed by atoms with Crippen LogP contribution in [0.3, 0.4) is 0 Å². The molecule has 1 aromatic carbocycles. The Morgan fingerprint density at radius 3 is 2.60 bits per heavy atom. The van der Waals surface area contributed by atoms with Gasteiger partial charge in [-0.25, -0.2) is 0 Å². The molecule has 1 N–H and O–H groups in total. The lowest BCUT2D eigenvalue weighted by molar-refractivity contribution is 0.144. The summed E-state index contributed by atoms with van der Waals surface area (Å²) in [5.41, 5.74) is 2.29. The Morgan fingerprint density at radius 2 is 2.07 bits per heavy atom. The molecule has 84 valence electrons. The fraction of sp³-hybridized carbons (Fsp3) is 0.538. The van der Waals surface area contributed by atoms with Crippen LogP contribution in [0.25, 0.3) is 0 Å². The molecule has 2 unspecified atom stereocenters. The van der Waals surface area contributed by atoms with Crippen LogP contribution in [0.2, 0.25) is 0 Å². The zero-order chi connectivity index (χ0) is 11.4. The molecule has 0 aromatic heterocycles. The third-order valence-electron chi connectivity index (χ3n) is 2.87. The highest BCUT2D eigenvalue weighted by molar-refractivity contribution is 5.39. The number of aryl methyl sites for hydroxylation is 1. The number of ether oxygens (including phenoxy) is 1. The molecule has 2 nitrogen and oxygen atoms in total. The first-order valence-electron chi connectivity index (χ1n) is 5.42. The second-order valence-electron chi connectivity index (χ2n) is 4.01. The molecule has 0 aliphatic heterocycles. The van der Waals surface area contributed by atoms with E-state index < -0.39 is 0 Å². The van der Waals surface area contributed by atoms with E-state index in [1.807, 2.05) is 32.9 Å². The average Bonchev–Trinajstić information content (AvgIpc) is 2.27. The fourth-order valence-electron chi connectivity index (χ4n) is 1.77. The minimum absolute atomic E-state index is 0.116. The molecule has 2 atom stereocenters. The number of hydrogen-bond donors (Lipinski definition) is 1. The normalized spacial score (nSPS) is 14.7. The lowest BCUT2D eigenvalue weighted by Crippen LogP contribution is -2.15. The van der Waals surface area contributed by atoms with E-state index in [0.717, 1.165) is 17.7 Å². The number of rotatable bonds is 4. The van der Waals surface area contributed by atoms with Gasteiger partial charge in [-0.15, -0.1) is 0 Å². The minimum atomic E-state index is -0.305. The Hall–Kier alpha value is -1.02. The van der Waals surface area contributed by atoms with Crippen molar-refractivity contribution in [3.8, 4) is 5.75 Å². The van der Waals surface area contributed by atoms with Crippen molar-refractivity contribution in [3.05, 3.63) is 29.3 Å². The third kappa shape index (κ3) is 2.72. The largest absolute Gasteiger partial charge is 0.496 e. The van der Waals surface area contributed by atoms with Crippen LogP contribution >= 0.6 is 0 Å². The molecule has 0 radical (unpaired) electrons. The Bertz CT molecular complexity index is 320. The van der Waals surface area contributed by atoms with Crippen molar-refractivity contribution in [2.45, 2.75) is 39.2 Å². The first-order valence-corrected chi connectivity index (χ1v) is 5.42. The van der Waals surface area contributed by atoms with Crippen molar-refractivity contribution in [2.75, 3.05) is 7.11 Å². The monoisotopic (exact) mass is 208 g/mol. The molecule has 2 heteroatoms. The first-order chi connectivity index (χ1) is 7.10. The summed E-state index contributed by atoms with van der Waals surface area (Å²) in [6, 6.07) is 6.07. The summed E-state index contributed by atoms with van der Waals surface area (Å²) in [6.45, 7) is 6.07. The molecule has 0 amide bonds. The zero-order valence-electron chi connectivity index (χ0n) is 9.95. The highest BCUT2D eigenvalue weighted by Crippen LogP contribution is 2.30. The molecule has 0 aliphatic carbocycles. The summed E-state index contributed by atoms with van der Waals surface area (Å²) >= 11 is 0. The predicted molar refractivity (Wildman–Crippen MR) is 62.4 cm³/mol. The fourth-order valence-corrected chi connectivity index (χ4v) is 1.77. The van der Waals surface area contributed by atoms with Gasteiger partial charge in [0, 0.05) is 5.92 Å². The smallest absolute Gasteiger partial charge is 0.122 e. The number of methoxy groups -OCH3 is 1. The van der Waals surface area contributed by atoms with Gasteiger partial charge in [0.1, 0.15) is 5.75 Å². The number of hydrogen-bond acceptors (Lipinski definition) is 2. The van der Waals surface area contributed by atoms with E-state index in [1.165, 1.54) is 5.56 Å². The van der Waals surface area contributed by atoms with Crippen LogP contribution in [0.15, 0.2) is 18.2 Å². The topological polar surface area (TPSA) is 29.5 Å². The maximum atomic E-state index is 9.84. The van der Waals surface area contributed by atoms with Crippen molar-refractivity contribution in [2.24, 2.45) is 0 Å². The minimum Gasteiger partial charge on any atom is -0.496 e. The Kier molecular flexibility index (Phi) is 4.15. The van der Waals surface area contributed by atoms with Crippen molar-refractivity contribution in [3.63, 3.8) is 0 Å². The lowest BCUT2D eigenvalue weighted by atomic mass is 9.92. The molecule has 0 bridgehead atoms. The first kappa shape index (κ1) is 12.1. The summed E-state index contributed by atoms with van der Waals surface area (Å²) < 4.78 is 5.31. The molecule has 15 heavy (non-hydrogen) atoms. The molecule has 0 spiro atoms. The molecular formula is C13H20O2. The molecule has 0 saturated heterocycles. The highest BCUT2D eigenvalue weighted by Gasteiger charge is 2.18. The number of benzene rings is 1. The molecule has 1 rings (SSSR count). The van der Waals surface area contributed by atoms with Gasteiger partial charge in [0.2, 0.25) is 0 Å². The van der Waals surface area contributed by atoms with Crippen molar-refractivity contribution in [1.82, 2.24) is 0 Å². The Labute approximate surface area is 91.9 Å². The van der Waals surface area contributed by atoms with E-state index >= 15 is 0 Å². The van der Waals surface area contributed by atoms with Crippen LogP contribution in [0.5, 0.6) is 5.75 Å². The summed E-state index contributed by atoms with van der Waals surface area (Å²) in [5, 5.41) is 9.84. The van der Waals surface area contributed by atoms with Crippen molar-refractivity contribution >= 4 is 0 Å². The van der Waals surface area contributed by atoms with Crippen LogP contribution in [-0.4, -0.2) is 18.3 Å². The van der Waals surface area contributed by atoms with Gasteiger partial charge in [-0.3, -0.25) is 0 Å². The average molecular weight is 208 g/mol. The molecule has 0 saturated carbocycles. The van der Waals surface area contributed by atoms with Crippen molar-refractivity contribution < 1.29 is 9.84 Å². The van der Waals surface area contributed by atoms with Crippen LogP contribution in [0.4, 0.5) is 0 Å². The van der Waals surface area contributed by atoms with Gasteiger partial charge in [-0.2, -0.15) is 0 Å². The van der Waals surface area contributed by atoms with E-state index in [-0.39, 0.29) is 12.0 Å². The number of aliphatic hydroxyl groups excluding tert-OH is 1. The quantitative estimate of drug-likeness (QED) is 0.824. The molecule has 1 aromatic rings. The van der Waals surface area contributed by atoms with E-state index in [4.69, 9.17) is 4.74 Å². The predicted octanol–water partition coefficient (Wildman–Crippen LogP) is 2.88. The summed E-state index contributed by atoms with van der Waals surface area (Å²) in [7, 11) is 1.67. The summed E-state index contributed by atoms with van der Waals surface area (Å²) in [6.07, 6.45) is 0.457. The van der Waals surface area contributed by atoms with Gasteiger partial charge in [0.25, 0.3) is 0 Å². The van der Waals surface area contributed by atoms with Crippen molar-refractivity contribution in [1.29, 1.82) is 0 Å². The van der Waals surface area contributed by atoms with Gasteiger partial charge in [0.05, 0.1) is 13.2 Å².